The highest BCUT2D eigenvalue weighted by Crippen LogP contribution is 2.46. The molecule has 0 spiro atoms. The van der Waals surface area contributed by atoms with Gasteiger partial charge in [-0.3, -0.25) is 4.79 Å². The second kappa shape index (κ2) is 7.40. The molecule has 31 heavy (non-hydrogen) atoms. The maximum atomic E-state index is 13.3. The van der Waals surface area contributed by atoms with Crippen LogP contribution in [-0.2, 0) is 0 Å². The molecule has 0 saturated heterocycles. The molecule has 0 bridgehead atoms. The first-order valence-corrected chi connectivity index (χ1v) is 10.0. The Kier molecular flexibility index (Phi) is 4.55. The Bertz CT molecular complexity index is 1360. The van der Waals surface area contributed by atoms with E-state index in [9.17, 15) is 14.4 Å². The number of aromatic nitrogens is 6. The fourth-order valence-corrected chi connectivity index (χ4v) is 4.11. The van der Waals surface area contributed by atoms with Gasteiger partial charge in [0.1, 0.15) is 28.9 Å². The highest BCUT2D eigenvalue weighted by atomic mass is 19.1. The standard InChI is InChI=1S/C22H18FN7O/c1-12(13-3-5-14(23)6-4-13)30-21-18(17(11-24)29-30)22(31)28-20(27-21)16-8-7-15(16)19-25-9-2-10-26-19/h2-6,9-10,12,15-16H,7-8H2,1H3,(H,27,28,31)/t12-,15-,16-/m1/s1. The second-order valence-corrected chi connectivity index (χ2v) is 7.68. The molecule has 0 amide bonds. The van der Waals surface area contributed by atoms with Crippen molar-refractivity contribution in [3.05, 3.63) is 81.8 Å². The SMILES string of the molecule is C[C@H](c1ccc(F)cc1)n1nc(C#N)c2c(=O)[nH]c([C@@H]3CC[C@H]3c3ncccn3)nc21. The van der Waals surface area contributed by atoms with Gasteiger partial charge in [0.25, 0.3) is 5.56 Å². The van der Waals surface area contributed by atoms with Crippen molar-refractivity contribution in [1.82, 2.24) is 29.7 Å². The first-order valence-electron chi connectivity index (χ1n) is 10.0. The van der Waals surface area contributed by atoms with Crippen LogP contribution in [0.2, 0.25) is 0 Å². The third-order valence-electron chi connectivity index (χ3n) is 5.95. The summed E-state index contributed by atoms with van der Waals surface area (Å²) in [6.45, 7) is 1.87. The van der Waals surface area contributed by atoms with Crippen molar-refractivity contribution in [2.45, 2.75) is 37.6 Å². The molecular weight excluding hydrogens is 397 g/mol. The normalized spacial score (nSPS) is 19.0. The summed E-state index contributed by atoms with van der Waals surface area (Å²) in [5.41, 5.74) is 0.749. The number of aromatic amines is 1. The first-order chi connectivity index (χ1) is 15.1. The molecule has 3 heterocycles. The van der Waals surface area contributed by atoms with Crippen molar-refractivity contribution in [3.8, 4) is 6.07 Å². The number of nitrogens with one attached hydrogen (secondary N) is 1. The lowest BCUT2D eigenvalue weighted by molar-refractivity contribution is 0.319. The average Bonchev–Trinajstić information content (AvgIpc) is 3.13. The van der Waals surface area contributed by atoms with Gasteiger partial charge in [0.05, 0.1) is 6.04 Å². The van der Waals surface area contributed by atoms with Crippen molar-refractivity contribution >= 4 is 11.0 Å². The van der Waals surface area contributed by atoms with E-state index in [2.05, 4.69) is 20.1 Å². The monoisotopic (exact) mass is 415 g/mol. The highest BCUT2D eigenvalue weighted by Gasteiger charge is 2.37. The first kappa shape index (κ1) is 19.1. The fourth-order valence-electron chi connectivity index (χ4n) is 4.11. The molecule has 154 valence electrons. The number of halogens is 1. The van der Waals surface area contributed by atoms with Crippen LogP contribution in [0.5, 0.6) is 0 Å². The molecule has 0 radical (unpaired) electrons. The highest BCUT2D eigenvalue weighted by molar-refractivity contribution is 5.80. The average molecular weight is 415 g/mol. The van der Waals surface area contributed by atoms with E-state index < -0.39 is 5.56 Å². The predicted molar refractivity (Wildman–Crippen MR) is 110 cm³/mol. The second-order valence-electron chi connectivity index (χ2n) is 7.68. The number of nitrogens with zero attached hydrogens (tertiary/aromatic N) is 6. The van der Waals surface area contributed by atoms with Crippen molar-refractivity contribution < 1.29 is 4.39 Å². The van der Waals surface area contributed by atoms with E-state index in [0.29, 0.717) is 11.5 Å². The maximum Gasteiger partial charge on any atom is 0.263 e. The lowest BCUT2D eigenvalue weighted by atomic mass is 9.72. The summed E-state index contributed by atoms with van der Waals surface area (Å²) in [4.78, 5) is 29.2. The summed E-state index contributed by atoms with van der Waals surface area (Å²) in [6, 6.07) is 9.45. The number of benzene rings is 1. The minimum Gasteiger partial charge on any atom is -0.310 e. The molecule has 3 aromatic heterocycles. The van der Waals surface area contributed by atoms with Crippen LogP contribution < -0.4 is 5.56 Å². The van der Waals surface area contributed by atoms with Crippen LogP contribution in [-0.4, -0.2) is 29.7 Å². The maximum absolute atomic E-state index is 13.3. The van der Waals surface area contributed by atoms with E-state index in [1.165, 1.54) is 12.1 Å². The Labute approximate surface area is 176 Å². The van der Waals surface area contributed by atoms with Crippen molar-refractivity contribution in [2.75, 3.05) is 0 Å². The van der Waals surface area contributed by atoms with Crippen LogP contribution in [0.15, 0.2) is 47.5 Å². The van der Waals surface area contributed by atoms with Gasteiger partial charge in [0.2, 0.25) is 0 Å². The zero-order valence-corrected chi connectivity index (χ0v) is 16.7. The van der Waals surface area contributed by atoms with E-state index in [1.807, 2.05) is 13.0 Å². The van der Waals surface area contributed by atoms with Gasteiger partial charge in [-0.25, -0.2) is 24.0 Å². The summed E-state index contributed by atoms with van der Waals surface area (Å²) in [5.74, 6) is 0.984. The van der Waals surface area contributed by atoms with Gasteiger partial charge in [-0.15, -0.1) is 0 Å². The third kappa shape index (κ3) is 3.17. The molecule has 1 saturated carbocycles. The van der Waals surface area contributed by atoms with E-state index >= 15 is 0 Å². The van der Waals surface area contributed by atoms with Gasteiger partial charge < -0.3 is 4.98 Å². The molecule has 1 aliphatic carbocycles. The summed E-state index contributed by atoms with van der Waals surface area (Å²) >= 11 is 0. The molecule has 5 rings (SSSR count). The fraction of sp³-hybridized carbons (Fsp3) is 0.273. The molecule has 0 aliphatic heterocycles. The van der Waals surface area contributed by atoms with Crippen LogP contribution in [0, 0.1) is 17.1 Å². The smallest absolute Gasteiger partial charge is 0.263 e. The third-order valence-corrected chi connectivity index (χ3v) is 5.95. The summed E-state index contributed by atoms with van der Waals surface area (Å²) in [7, 11) is 0. The molecule has 1 aliphatic rings. The van der Waals surface area contributed by atoms with Crippen LogP contribution in [0.25, 0.3) is 11.0 Å². The zero-order chi connectivity index (χ0) is 21.5. The molecule has 9 heteroatoms. The summed E-state index contributed by atoms with van der Waals surface area (Å²) in [6.07, 6.45) is 5.17. The van der Waals surface area contributed by atoms with Crippen LogP contribution >= 0.6 is 0 Å². The molecule has 4 aromatic rings. The minimum atomic E-state index is -0.395. The largest absolute Gasteiger partial charge is 0.310 e. The van der Waals surface area contributed by atoms with Crippen LogP contribution in [0.4, 0.5) is 4.39 Å². The van der Waals surface area contributed by atoms with Gasteiger partial charge in [-0.1, -0.05) is 12.1 Å². The molecule has 8 nitrogen and oxygen atoms in total. The molecule has 3 atom stereocenters. The lowest BCUT2D eigenvalue weighted by Crippen LogP contribution is -2.28. The molecule has 0 unspecified atom stereocenters. The van der Waals surface area contributed by atoms with Crippen LogP contribution in [0.1, 0.15) is 60.5 Å². The van der Waals surface area contributed by atoms with E-state index in [1.54, 1.807) is 35.3 Å². The Morgan fingerprint density at radius 2 is 1.90 bits per heavy atom. The molecule has 1 N–H and O–H groups in total. The number of hydrogen-bond acceptors (Lipinski definition) is 6. The number of fused-ring (bicyclic) bond motifs is 1. The van der Waals surface area contributed by atoms with Gasteiger partial charge >= 0.3 is 0 Å². The van der Waals surface area contributed by atoms with E-state index in [0.717, 1.165) is 24.2 Å². The molecule has 1 fully saturated rings. The number of rotatable bonds is 4. The summed E-state index contributed by atoms with van der Waals surface area (Å²) < 4.78 is 14.9. The Balaban J connectivity index is 1.61. The molecule has 1 aromatic carbocycles. The minimum absolute atomic E-state index is 0.0146. The van der Waals surface area contributed by atoms with E-state index in [-0.39, 0.29) is 34.8 Å². The number of nitriles is 1. The van der Waals surface area contributed by atoms with Crippen molar-refractivity contribution in [2.24, 2.45) is 0 Å². The Morgan fingerprint density at radius 3 is 2.55 bits per heavy atom. The Morgan fingerprint density at radius 1 is 1.19 bits per heavy atom. The quantitative estimate of drug-likeness (QED) is 0.548. The number of hydrogen-bond donors (Lipinski definition) is 1. The molecular formula is C22H18FN7O. The zero-order valence-electron chi connectivity index (χ0n) is 16.7. The van der Waals surface area contributed by atoms with Gasteiger partial charge in [-0.2, -0.15) is 10.4 Å². The number of H-pyrrole nitrogens is 1. The van der Waals surface area contributed by atoms with Gasteiger partial charge in [0, 0.05) is 24.2 Å². The van der Waals surface area contributed by atoms with Crippen molar-refractivity contribution in [1.29, 1.82) is 5.26 Å². The van der Waals surface area contributed by atoms with Crippen molar-refractivity contribution in [3.63, 3.8) is 0 Å². The Hall–Kier alpha value is -3.93. The van der Waals surface area contributed by atoms with Crippen LogP contribution in [0.3, 0.4) is 0 Å². The van der Waals surface area contributed by atoms with Gasteiger partial charge in [0.15, 0.2) is 11.3 Å². The van der Waals surface area contributed by atoms with E-state index in [4.69, 9.17) is 4.98 Å². The predicted octanol–water partition coefficient (Wildman–Crippen LogP) is 3.19. The topological polar surface area (TPSA) is 113 Å². The van der Waals surface area contributed by atoms with Gasteiger partial charge in [-0.05, 0) is 43.5 Å². The lowest BCUT2D eigenvalue weighted by Gasteiger charge is -2.34. The summed E-state index contributed by atoms with van der Waals surface area (Å²) in [5, 5.41) is 14.0.